The summed E-state index contributed by atoms with van der Waals surface area (Å²) in [6.45, 7) is 0. The van der Waals surface area contributed by atoms with Gasteiger partial charge < -0.3 is 9.84 Å². The summed E-state index contributed by atoms with van der Waals surface area (Å²) in [5.74, 6) is -1.31. The number of hydrogen-bond acceptors (Lipinski definition) is 3. The highest BCUT2D eigenvalue weighted by Crippen LogP contribution is 2.39. The van der Waals surface area contributed by atoms with Gasteiger partial charge in [-0.1, -0.05) is 12.1 Å². The number of aliphatic imine (C=N–C) groups is 1. The summed E-state index contributed by atoms with van der Waals surface area (Å²) in [7, 11) is 1.57. The van der Waals surface area contributed by atoms with Crippen molar-refractivity contribution in [3.05, 3.63) is 47.3 Å². The van der Waals surface area contributed by atoms with E-state index in [1.807, 2.05) is 0 Å². The fourth-order valence-electron chi connectivity index (χ4n) is 2.49. The maximum absolute atomic E-state index is 14.1. The number of benzene rings is 2. The van der Waals surface area contributed by atoms with E-state index in [-0.39, 0.29) is 5.56 Å². The van der Waals surface area contributed by atoms with Crippen LogP contribution in [-0.2, 0) is 6.42 Å². The quantitative estimate of drug-likeness (QED) is 0.939. The first-order chi connectivity index (χ1) is 10.1. The number of fused-ring (bicyclic) bond motifs is 1. The highest BCUT2D eigenvalue weighted by molar-refractivity contribution is 5.98. The largest absolute Gasteiger partial charge is 0.497 e. The summed E-state index contributed by atoms with van der Waals surface area (Å²) in [5, 5.41) is 9.15. The Kier molecular flexibility index (Phi) is 3.17. The van der Waals surface area contributed by atoms with Gasteiger partial charge in [-0.3, -0.25) is 4.99 Å². The van der Waals surface area contributed by atoms with E-state index in [0.717, 1.165) is 5.56 Å². The molecule has 5 heteroatoms. The van der Waals surface area contributed by atoms with Crippen molar-refractivity contribution in [2.45, 2.75) is 6.42 Å². The molecular formula is C16H12FNO3. The third kappa shape index (κ3) is 2.16. The zero-order valence-electron chi connectivity index (χ0n) is 11.3. The monoisotopic (exact) mass is 285 g/mol. The van der Waals surface area contributed by atoms with E-state index < -0.39 is 11.8 Å². The Morgan fingerprint density at radius 2 is 2.05 bits per heavy atom. The number of halogens is 1. The van der Waals surface area contributed by atoms with Crippen LogP contribution in [-0.4, -0.2) is 24.4 Å². The van der Waals surface area contributed by atoms with Crippen molar-refractivity contribution < 1.29 is 19.0 Å². The molecular weight excluding hydrogens is 273 g/mol. The highest BCUT2D eigenvalue weighted by atomic mass is 19.1. The fraction of sp³-hybridized carbons (Fsp3) is 0.125. The zero-order valence-corrected chi connectivity index (χ0v) is 11.3. The molecule has 0 spiro atoms. The first-order valence-electron chi connectivity index (χ1n) is 6.37. The number of rotatable bonds is 3. The van der Waals surface area contributed by atoms with Gasteiger partial charge in [0.1, 0.15) is 17.1 Å². The van der Waals surface area contributed by atoms with Gasteiger partial charge in [-0.2, -0.15) is 0 Å². The Morgan fingerprint density at radius 1 is 1.33 bits per heavy atom. The molecule has 0 saturated carbocycles. The first kappa shape index (κ1) is 13.3. The molecule has 0 aliphatic carbocycles. The molecule has 0 saturated heterocycles. The van der Waals surface area contributed by atoms with Gasteiger partial charge in [-0.05, 0) is 23.8 Å². The predicted molar refractivity (Wildman–Crippen MR) is 77.2 cm³/mol. The molecule has 0 unspecified atom stereocenters. The van der Waals surface area contributed by atoms with Crippen molar-refractivity contribution in [2.24, 2.45) is 4.99 Å². The lowest BCUT2D eigenvalue weighted by atomic mass is 9.95. The minimum absolute atomic E-state index is 0.292. The third-order valence-electron chi connectivity index (χ3n) is 3.48. The van der Waals surface area contributed by atoms with Crippen molar-refractivity contribution in [2.75, 3.05) is 7.11 Å². The van der Waals surface area contributed by atoms with Gasteiger partial charge in [0.2, 0.25) is 0 Å². The van der Waals surface area contributed by atoms with Crippen molar-refractivity contribution in [1.29, 1.82) is 0 Å². The maximum atomic E-state index is 14.1. The lowest BCUT2D eigenvalue weighted by Gasteiger charge is -2.11. The van der Waals surface area contributed by atoms with Gasteiger partial charge in [0.15, 0.2) is 0 Å². The van der Waals surface area contributed by atoms with E-state index in [9.17, 15) is 9.18 Å². The van der Waals surface area contributed by atoms with Gasteiger partial charge in [-0.25, -0.2) is 9.18 Å². The number of nitrogens with zero attached hydrogens (tertiary/aromatic N) is 1. The van der Waals surface area contributed by atoms with Crippen LogP contribution in [0.2, 0.25) is 0 Å². The number of methoxy groups -OCH3 is 1. The highest BCUT2D eigenvalue weighted by Gasteiger charge is 2.25. The van der Waals surface area contributed by atoms with Crippen LogP contribution in [0.25, 0.3) is 11.1 Å². The minimum Gasteiger partial charge on any atom is -0.497 e. The second kappa shape index (κ2) is 5.01. The van der Waals surface area contributed by atoms with Crippen molar-refractivity contribution in [3.63, 3.8) is 0 Å². The Labute approximate surface area is 120 Å². The number of hydrogen-bond donors (Lipinski definition) is 1. The standard InChI is InChI=1S/C16H12FNO3/c1-21-10-4-2-9(3-5-10)12-8-13(17)14(16(19)20)11-6-7-18-15(11)12/h2-5,7-8H,6H2,1H3,(H,19,20). The average molecular weight is 285 g/mol. The molecule has 4 nitrogen and oxygen atoms in total. The van der Waals surface area contributed by atoms with Gasteiger partial charge in [-0.15, -0.1) is 0 Å². The normalized spacial score (nSPS) is 12.3. The molecule has 1 aliphatic heterocycles. The maximum Gasteiger partial charge on any atom is 0.339 e. The first-order valence-corrected chi connectivity index (χ1v) is 6.37. The van der Waals surface area contributed by atoms with Gasteiger partial charge in [0.25, 0.3) is 0 Å². The van der Waals surface area contributed by atoms with Crippen molar-refractivity contribution >= 4 is 17.9 Å². The summed E-state index contributed by atoms with van der Waals surface area (Å²) in [5.41, 5.74) is 2.01. The summed E-state index contributed by atoms with van der Waals surface area (Å²) >= 11 is 0. The van der Waals surface area contributed by atoms with E-state index in [0.29, 0.717) is 29.0 Å². The molecule has 0 aromatic heterocycles. The molecule has 2 aromatic carbocycles. The van der Waals surface area contributed by atoms with Crippen molar-refractivity contribution in [1.82, 2.24) is 0 Å². The number of carboxylic acids is 1. The summed E-state index contributed by atoms with van der Waals surface area (Å²) < 4.78 is 19.2. The second-order valence-corrected chi connectivity index (χ2v) is 4.66. The number of carboxylic acid groups (broad SMARTS) is 1. The molecule has 0 bridgehead atoms. The summed E-state index contributed by atoms with van der Waals surface area (Å²) in [6.07, 6.45) is 1.93. The molecule has 1 aliphatic rings. The number of aromatic carboxylic acids is 1. The van der Waals surface area contributed by atoms with Crippen LogP contribution in [0.1, 0.15) is 15.9 Å². The summed E-state index contributed by atoms with van der Waals surface area (Å²) in [4.78, 5) is 15.4. The summed E-state index contributed by atoms with van der Waals surface area (Å²) in [6, 6.07) is 8.35. The molecule has 1 heterocycles. The van der Waals surface area contributed by atoms with E-state index >= 15 is 0 Å². The van der Waals surface area contributed by atoms with Crippen LogP contribution in [0.15, 0.2) is 35.3 Å². The Bertz CT molecular complexity index is 751. The molecule has 106 valence electrons. The number of ether oxygens (including phenoxy) is 1. The lowest BCUT2D eigenvalue weighted by molar-refractivity contribution is 0.0691. The zero-order chi connectivity index (χ0) is 15.0. The molecule has 0 amide bonds. The average Bonchev–Trinajstić information content (AvgIpc) is 2.95. The van der Waals surface area contributed by atoms with E-state index in [1.54, 1.807) is 37.6 Å². The second-order valence-electron chi connectivity index (χ2n) is 4.66. The third-order valence-corrected chi connectivity index (χ3v) is 3.48. The lowest BCUT2D eigenvalue weighted by Crippen LogP contribution is -2.06. The predicted octanol–water partition coefficient (Wildman–Crippen LogP) is 3.46. The van der Waals surface area contributed by atoms with Gasteiger partial charge in [0, 0.05) is 23.8 Å². The SMILES string of the molecule is COc1ccc(-c2cc(F)c(C(=O)O)c3c2N=CC3)cc1. The van der Waals surface area contributed by atoms with Crippen LogP contribution >= 0.6 is 0 Å². The molecule has 1 N–H and O–H groups in total. The topological polar surface area (TPSA) is 58.9 Å². The van der Waals surface area contributed by atoms with E-state index in [2.05, 4.69) is 4.99 Å². The van der Waals surface area contributed by atoms with Crippen LogP contribution in [0, 0.1) is 5.82 Å². The number of carbonyl (C=O) groups is 1. The molecule has 2 aromatic rings. The molecule has 0 atom stereocenters. The van der Waals surface area contributed by atoms with E-state index in [4.69, 9.17) is 9.84 Å². The van der Waals surface area contributed by atoms with Crippen LogP contribution in [0.5, 0.6) is 5.75 Å². The van der Waals surface area contributed by atoms with Crippen LogP contribution in [0.3, 0.4) is 0 Å². The Morgan fingerprint density at radius 3 is 2.67 bits per heavy atom. The van der Waals surface area contributed by atoms with Crippen LogP contribution < -0.4 is 4.74 Å². The van der Waals surface area contributed by atoms with Gasteiger partial charge in [0.05, 0.1) is 12.8 Å². The molecule has 21 heavy (non-hydrogen) atoms. The molecule has 0 fully saturated rings. The Hall–Kier alpha value is -2.69. The minimum atomic E-state index is -1.27. The van der Waals surface area contributed by atoms with Gasteiger partial charge >= 0.3 is 5.97 Å². The van der Waals surface area contributed by atoms with Crippen molar-refractivity contribution in [3.8, 4) is 16.9 Å². The van der Waals surface area contributed by atoms with E-state index in [1.165, 1.54) is 6.07 Å². The molecule has 3 rings (SSSR count). The fourth-order valence-corrected chi connectivity index (χ4v) is 2.49. The Balaban J connectivity index is 2.19. The van der Waals surface area contributed by atoms with Crippen LogP contribution in [0.4, 0.5) is 10.1 Å². The molecule has 0 radical (unpaired) electrons. The smallest absolute Gasteiger partial charge is 0.339 e.